The van der Waals surface area contributed by atoms with E-state index in [1.807, 2.05) is 91.8 Å². The van der Waals surface area contributed by atoms with E-state index in [4.69, 9.17) is 4.74 Å². The van der Waals surface area contributed by atoms with E-state index in [-0.39, 0.29) is 80.3 Å². The highest BCUT2D eigenvalue weighted by Gasteiger charge is 2.32. The van der Waals surface area contributed by atoms with Crippen LogP contribution >= 0.6 is 0 Å². The van der Waals surface area contributed by atoms with Gasteiger partial charge in [-0.1, -0.05) is 117 Å². The Morgan fingerprint density at radius 3 is 1.86 bits per heavy atom. The van der Waals surface area contributed by atoms with Crippen molar-refractivity contribution in [3.63, 3.8) is 0 Å². The maximum Gasteiger partial charge on any atom is 0.407 e. The van der Waals surface area contributed by atoms with E-state index < -0.39 is 76.4 Å². The molecule has 24 nitrogen and oxygen atoms in total. The first-order chi connectivity index (χ1) is 46.8. The molecule has 508 valence electrons. The Bertz CT molecular complexity index is 4040. The zero-order valence-electron chi connectivity index (χ0n) is 54.1. The van der Waals surface area contributed by atoms with Crippen LogP contribution < -0.4 is 47.4 Å². The molecule has 2 aliphatic carbocycles. The first-order valence-corrected chi connectivity index (χ1v) is 33.9. The van der Waals surface area contributed by atoms with Crippen molar-refractivity contribution in [2.75, 3.05) is 57.1 Å². The van der Waals surface area contributed by atoms with Gasteiger partial charge in [-0.2, -0.15) is 18.6 Å². The molecular weight excluding hydrogens is 1260 g/mol. The number of carboxylic acids is 1. The normalized spacial score (nSPS) is 13.8. The van der Waals surface area contributed by atoms with Gasteiger partial charge in [0.15, 0.2) is 0 Å². The van der Waals surface area contributed by atoms with Crippen molar-refractivity contribution in [1.29, 1.82) is 0 Å². The molecule has 0 radical (unpaired) electrons. The van der Waals surface area contributed by atoms with Crippen LogP contribution in [0.1, 0.15) is 114 Å². The van der Waals surface area contributed by atoms with Gasteiger partial charge < -0.3 is 57.3 Å². The molecule has 0 bridgehead atoms. The summed E-state index contributed by atoms with van der Waals surface area (Å²) >= 11 is 0. The summed E-state index contributed by atoms with van der Waals surface area (Å²) in [5.41, 5.74) is 8.10. The number of amides is 7. The molecule has 7 aromatic rings. The number of alkyl carbamates (subject to hydrolysis) is 1. The number of aliphatic carboxylic acids is 1. The van der Waals surface area contributed by atoms with Crippen molar-refractivity contribution in [2.24, 2.45) is 16.1 Å². The third kappa shape index (κ3) is 20.3. The fourth-order valence-corrected chi connectivity index (χ4v) is 12.7. The number of fused-ring (bicyclic) bond motifs is 4. The fraction of sp³-hybridized carbons (Fsp3) is 0.333. The highest BCUT2D eigenvalue weighted by atomic mass is 32.2. The monoisotopic (exact) mass is 1340 g/mol. The first kappa shape index (κ1) is 70.8. The number of nitrogens with zero attached hydrogens (tertiary/aromatic N) is 3. The maximum atomic E-state index is 14.0. The maximum absolute atomic E-state index is 14.0. The molecule has 3 atom stereocenters. The number of benzene rings is 7. The molecule has 0 aliphatic heterocycles. The van der Waals surface area contributed by atoms with Crippen LogP contribution in [0, 0.1) is 5.92 Å². The lowest BCUT2D eigenvalue weighted by Crippen LogP contribution is -2.51. The lowest BCUT2D eigenvalue weighted by atomic mass is 9.84. The second-order valence-electron chi connectivity index (χ2n) is 24.2. The molecule has 0 unspecified atom stereocenters. The van der Waals surface area contributed by atoms with Crippen LogP contribution in [0.15, 0.2) is 173 Å². The Kier molecular flexibility index (Phi) is 25.0. The number of carboxylic acid groups (broad SMARTS) is 1. The minimum absolute atomic E-state index is 0.0235. The largest absolute Gasteiger partial charge is 0.480 e. The van der Waals surface area contributed by atoms with Crippen LogP contribution in [-0.2, 0) is 45.4 Å². The van der Waals surface area contributed by atoms with Gasteiger partial charge in [-0.25, -0.2) is 9.59 Å². The standard InChI is InChI=1S/C72H81N11O13S/c1-83(2)52-35-33-51(34-36-52)82-81-50-31-29-48(30-32-50)67(86)75-39-11-10-22-62(71(90)91)78-66(85)44-77-70(89)63(42-46-14-4-3-5-15-46)79-68(87)49-27-25-47(26-28-49)43-76-69(88)61(80-72(92)96-45-59-55-18-8-6-16-53(55)54-17-7-9-19-56(54)59)37-38-65(84)74-41-40-73-60-23-12-21-58-57(60)20-13-24-64(58)97(93,94)95/h6-9,12-13,16-21,23-36,46,59,61-63,73H,3-5,10-11,14-15,22,37-45H2,1-2H3,(H,74,84)(H,75,86)(H,76,88)(H,77,89)(H,78,85)(H,79,87)(H,80,92)(H,90,91)(H,93,94,95)/t61-,62-,63-/m0/s1. The van der Waals surface area contributed by atoms with Crippen molar-refractivity contribution in [1.82, 2.24) is 37.2 Å². The van der Waals surface area contributed by atoms with Crippen LogP contribution in [0.25, 0.3) is 21.9 Å². The lowest BCUT2D eigenvalue weighted by Gasteiger charge is -2.26. The number of hydrogen-bond acceptors (Lipinski definition) is 15. The van der Waals surface area contributed by atoms with Crippen LogP contribution in [0.2, 0.25) is 0 Å². The highest BCUT2D eigenvalue weighted by molar-refractivity contribution is 7.86. The third-order valence-corrected chi connectivity index (χ3v) is 18.1. The summed E-state index contributed by atoms with van der Waals surface area (Å²) in [7, 11) is -0.589. The SMILES string of the molecule is CN(C)c1ccc(N=Nc2ccc(C(=O)NCCCC[C@H](NC(=O)CNC(=O)[C@H](CC3CCCCC3)NC(=O)c3ccc(CNC(=O)[C@H](CCC(=O)NCCNc4cccc5c(S(=O)(=O)O)cccc45)NC(=O)OCC4c5ccccc5-c5ccccc54)cc3)C(=O)O)cc2)cc1. The minimum atomic E-state index is -4.49. The Hall–Kier alpha value is -10.5. The summed E-state index contributed by atoms with van der Waals surface area (Å²) in [6.07, 6.45) is 4.67. The van der Waals surface area contributed by atoms with E-state index in [9.17, 15) is 56.4 Å². The number of ether oxygens (including phenoxy) is 1. The molecule has 7 aromatic carbocycles. The molecule has 1 saturated carbocycles. The lowest BCUT2D eigenvalue weighted by molar-refractivity contribution is -0.142. The number of unbranched alkanes of at least 4 members (excludes halogenated alkanes) is 1. The summed E-state index contributed by atoms with van der Waals surface area (Å²) in [4.78, 5) is 108. The highest BCUT2D eigenvalue weighted by Crippen LogP contribution is 2.44. The van der Waals surface area contributed by atoms with Crippen LogP contribution in [0.5, 0.6) is 0 Å². The number of nitrogens with one attached hydrogen (secondary N) is 8. The molecule has 0 heterocycles. The molecule has 2 aliphatic rings. The van der Waals surface area contributed by atoms with E-state index in [1.165, 1.54) is 24.3 Å². The van der Waals surface area contributed by atoms with E-state index in [0.29, 0.717) is 58.2 Å². The Morgan fingerprint density at radius 1 is 0.577 bits per heavy atom. The number of rotatable bonds is 32. The van der Waals surface area contributed by atoms with Crippen LogP contribution in [-0.4, -0.2) is 131 Å². The Balaban J connectivity index is 0.743. The number of hydrogen-bond donors (Lipinski definition) is 10. The number of azo groups is 1. The number of carbonyl (C=O) groups excluding carboxylic acids is 7. The summed E-state index contributed by atoms with van der Waals surface area (Å²) < 4.78 is 39.6. The molecule has 25 heteroatoms. The fourth-order valence-electron chi connectivity index (χ4n) is 12.0. The number of carbonyl (C=O) groups is 8. The second kappa shape index (κ2) is 34.2. The summed E-state index contributed by atoms with van der Waals surface area (Å²) in [6.45, 7) is 0.00845. The first-order valence-electron chi connectivity index (χ1n) is 32.4. The quantitative estimate of drug-likeness (QED) is 0.0107. The van der Waals surface area contributed by atoms with Crippen LogP contribution in [0.3, 0.4) is 0 Å². The number of anilines is 2. The van der Waals surface area contributed by atoms with Gasteiger partial charge in [0.05, 0.1) is 17.9 Å². The molecular formula is C72H81N11O13S. The molecule has 1 fully saturated rings. The molecule has 10 N–H and O–H groups in total. The predicted molar refractivity (Wildman–Crippen MR) is 367 cm³/mol. The molecule has 0 aromatic heterocycles. The van der Waals surface area contributed by atoms with E-state index in [0.717, 1.165) is 60.0 Å². The zero-order valence-corrected chi connectivity index (χ0v) is 54.9. The predicted octanol–water partition coefficient (Wildman–Crippen LogP) is 9.45. The van der Waals surface area contributed by atoms with Gasteiger partial charge >= 0.3 is 12.1 Å². The van der Waals surface area contributed by atoms with Crippen molar-refractivity contribution >= 4 is 91.1 Å². The van der Waals surface area contributed by atoms with Gasteiger partial charge in [0.2, 0.25) is 23.6 Å². The second-order valence-corrected chi connectivity index (χ2v) is 25.6. The molecule has 9 rings (SSSR count). The summed E-state index contributed by atoms with van der Waals surface area (Å²) in [5.74, 6) is -4.68. The Morgan fingerprint density at radius 2 is 1.20 bits per heavy atom. The van der Waals surface area contributed by atoms with E-state index in [2.05, 4.69) is 52.8 Å². The zero-order chi connectivity index (χ0) is 68.8. The third-order valence-electron chi connectivity index (χ3n) is 17.2. The van der Waals surface area contributed by atoms with Gasteiger partial charge in [0.25, 0.3) is 21.9 Å². The molecule has 0 saturated heterocycles. The molecule has 97 heavy (non-hydrogen) atoms. The smallest absolute Gasteiger partial charge is 0.407 e. The van der Waals surface area contributed by atoms with Gasteiger partial charge in [0, 0.05) is 85.9 Å². The van der Waals surface area contributed by atoms with Gasteiger partial charge in [-0.3, -0.25) is 33.3 Å². The minimum Gasteiger partial charge on any atom is -0.480 e. The Labute approximate surface area is 562 Å². The average molecular weight is 1340 g/mol. The summed E-state index contributed by atoms with van der Waals surface area (Å²) in [5, 5.41) is 41.5. The van der Waals surface area contributed by atoms with Crippen molar-refractivity contribution in [3.05, 3.63) is 186 Å². The van der Waals surface area contributed by atoms with E-state index in [1.54, 1.807) is 60.7 Å². The average Bonchev–Trinajstić information content (AvgIpc) is 1.74. The van der Waals surface area contributed by atoms with Gasteiger partial charge in [-0.05, 0) is 139 Å². The van der Waals surface area contributed by atoms with Crippen molar-refractivity contribution in [3.8, 4) is 11.1 Å². The molecule has 0 spiro atoms. The topological polar surface area (TPSA) is 345 Å². The summed E-state index contributed by atoms with van der Waals surface area (Å²) in [6, 6.07) is 42.2. The van der Waals surface area contributed by atoms with Crippen LogP contribution in [0.4, 0.5) is 27.5 Å². The van der Waals surface area contributed by atoms with E-state index >= 15 is 0 Å². The van der Waals surface area contributed by atoms with Crippen molar-refractivity contribution in [2.45, 2.75) is 106 Å². The van der Waals surface area contributed by atoms with Gasteiger partial charge in [-0.15, -0.1) is 0 Å². The van der Waals surface area contributed by atoms with Gasteiger partial charge in [0.1, 0.15) is 29.6 Å². The van der Waals surface area contributed by atoms with Crippen molar-refractivity contribution < 1.29 is 61.2 Å². The molecule has 7 amide bonds.